The maximum Gasteiger partial charge on any atom is 0.416 e. The molecule has 2 heterocycles. The van der Waals surface area contributed by atoms with Crippen LogP contribution in [0.3, 0.4) is 0 Å². The molecule has 1 atom stereocenters. The Labute approximate surface area is 203 Å². The maximum atomic E-state index is 13.2. The van der Waals surface area contributed by atoms with E-state index in [4.69, 9.17) is 5.73 Å². The number of alkyl halides is 3. The van der Waals surface area contributed by atoms with Crippen LogP contribution in [0, 0.1) is 6.92 Å². The summed E-state index contributed by atoms with van der Waals surface area (Å²) in [6.07, 6.45) is -3.15. The van der Waals surface area contributed by atoms with Gasteiger partial charge < -0.3 is 11.1 Å². The molecular formula is C24H21F3N6OS. The first-order valence-corrected chi connectivity index (χ1v) is 11.4. The number of halogens is 3. The van der Waals surface area contributed by atoms with Crippen LogP contribution in [-0.2, 0) is 12.7 Å². The SMILES string of the molecule is Cc1nnc(-c2cc(C(=O)N[C@H](C)c3ccc(-c4cc(C(F)(F)F)ccc4CN)cc3)ncn2)s1. The van der Waals surface area contributed by atoms with E-state index in [1.54, 1.807) is 37.3 Å². The summed E-state index contributed by atoms with van der Waals surface area (Å²) in [6.45, 7) is 3.74. The standard InChI is InChI=1S/C24H21F3N6OS/c1-13(31-22(34)20-10-21(30-12-29-20)23-33-32-14(2)35-23)15-3-5-16(6-4-15)19-9-18(24(25,26)27)8-7-17(19)11-28/h3-10,12-13H,11,28H2,1-2H3,(H,31,34)/t13-/m1/s1. The smallest absolute Gasteiger partial charge is 0.344 e. The quantitative estimate of drug-likeness (QED) is 0.390. The van der Waals surface area contributed by atoms with Gasteiger partial charge in [0.15, 0.2) is 5.01 Å². The Morgan fingerprint density at radius 1 is 1.09 bits per heavy atom. The Kier molecular flexibility index (Phi) is 6.90. The highest BCUT2D eigenvalue weighted by Crippen LogP contribution is 2.34. The van der Waals surface area contributed by atoms with Crippen molar-refractivity contribution < 1.29 is 18.0 Å². The summed E-state index contributed by atoms with van der Waals surface area (Å²) in [6, 6.07) is 11.7. The predicted octanol–water partition coefficient (Wildman–Crippen LogP) is 4.94. The number of nitrogens with one attached hydrogen (secondary N) is 1. The third-order valence-corrected chi connectivity index (χ3v) is 6.23. The van der Waals surface area contributed by atoms with E-state index in [2.05, 4.69) is 25.5 Å². The van der Waals surface area contributed by atoms with Crippen molar-refractivity contribution in [2.75, 3.05) is 0 Å². The van der Waals surface area contributed by atoms with Gasteiger partial charge in [-0.15, -0.1) is 10.2 Å². The van der Waals surface area contributed by atoms with Crippen molar-refractivity contribution in [3.8, 4) is 21.8 Å². The fraction of sp³-hybridized carbons (Fsp3) is 0.208. The monoisotopic (exact) mass is 498 g/mol. The Morgan fingerprint density at radius 3 is 2.46 bits per heavy atom. The van der Waals surface area contributed by atoms with E-state index in [0.717, 1.165) is 22.7 Å². The second-order valence-electron chi connectivity index (χ2n) is 7.81. The van der Waals surface area contributed by atoms with E-state index in [1.165, 1.54) is 23.7 Å². The van der Waals surface area contributed by atoms with Gasteiger partial charge in [-0.05, 0) is 54.3 Å². The van der Waals surface area contributed by atoms with E-state index in [1.807, 2.05) is 6.92 Å². The molecule has 0 saturated carbocycles. The van der Waals surface area contributed by atoms with Crippen LogP contribution in [-0.4, -0.2) is 26.1 Å². The lowest BCUT2D eigenvalue weighted by atomic mass is 9.95. The lowest BCUT2D eigenvalue weighted by Gasteiger charge is -2.16. The number of nitrogens with zero attached hydrogens (tertiary/aromatic N) is 4. The van der Waals surface area contributed by atoms with Crippen molar-refractivity contribution in [2.24, 2.45) is 5.73 Å². The molecule has 0 bridgehead atoms. The highest BCUT2D eigenvalue weighted by atomic mass is 32.1. The average Bonchev–Trinajstić information content (AvgIpc) is 3.29. The van der Waals surface area contributed by atoms with Crippen LogP contribution >= 0.6 is 11.3 Å². The summed E-state index contributed by atoms with van der Waals surface area (Å²) in [4.78, 5) is 21.0. The van der Waals surface area contributed by atoms with Gasteiger partial charge in [-0.25, -0.2) is 9.97 Å². The van der Waals surface area contributed by atoms with Gasteiger partial charge in [0.25, 0.3) is 5.91 Å². The minimum absolute atomic E-state index is 0.110. The van der Waals surface area contributed by atoms with Crippen molar-refractivity contribution in [3.63, 3.8) is 0 Å². The fourth-order valence-corrected chi connectivity index (χ4v) is 4.16. The lowest BCUT2D eigenvalue weighted by molar-refractivity contribution is -0.137. The molecule has 2 aromatic carbocycles. The molecular weight excluding hydrogens is 477 g/mol. The molecule has 0 spiro atoms. The topological polar surface area (TPSA) is 107 Å². The van der Waals surface area contributed by atoms with Crippen molar-refractivity contribution in [1.82, 2.24) is 25.5 Å². The van der Waals surface area contributed by atoms with Crippen molar-refractivity contribution in [3.05, 3.63) is 82.3 Å². The van der Waals surface area contributed by atoms with Crippen LogP contribution in [0.25, 0.3) is 21.8 Å². The maximum absolute atomic E-state index is 13.2. The Bertz CT molecular complexity index is 1350. The zero-order chi connectivity index (χ0) is 25.2. The lowest BCUT2D eigenvalue weighted by Crippen LogP contribution is -2.27. The van der Waals surface area contributed by atoms with Crippen molar-refractivity contribution >= 4 is 17.2 Å². The Hall–Kier alpha value is -3.70. The molecule has 0 fully saturated rings. The molecule has 0 saturated heterocycles. The van der Waals surface area contributed by atoms with Gasteiger partial charge in [-0.2, -0.15) is 13.2 Å². The molecule has 0 aliphatic heterocycles. The summed E-state index contributed by atoms with van der Waals surface area (Å²) in [5.74, 6) is -0.394. The molecule has 0 aliphatic carbocycles. The molecule has 35 heavy (non-hydrogen) atoms. The first kappa shape index (κ1) is 24.4. The third-order valence-electron chi connectivity index (χ3n) is 5.37. The summed E-state index contributed by atoms with van der Waals surface area (Å²) < 4.78 is 39.6. The summed E-state index contributed by atoms with van der Waals surface area (Å²) >= 11 is 1.36. The number of aromatic nitrogens is 4. The van der Waals surface area contributed by atoms with Crippen LogP contribution in [0.4, 0.5) is 13.2 Å². The normalized spacial score (nSPS) is 12.4. The summed E-state index contributed by atoms with van der Waals surface area (Å²) in [5, 5.41) is 12.2. The largest absolute Gasteiger partial charge is 0.416 e. The van der Waals surface area contributed by atoms with Gasteiger partial charge >= 0.3 is 6.18 Å². The van der Waals surface area contributed by atoms with E-state index < -0.39 is 17.6 Å². The van der Waals surface area contributed by atoms with Crippen LogP contribution in [0.5, 0.6) is 0 Å². The second-order valence-corrected chi connectivity index (χ2v) is 8.99. The molecule has 3 N–H and O–H groups in total. The van der Waals surface area contributed by atoms with Gasteiger partial charge in [-0.3, -0.25) is 4.79 Å². The number of aryl methyl sites for hydroxylation is 1. The number of carbonyl (C=O) groups excluding carboxylic acids is 1. The van der Waals surface area contributed by atoms with E-state index in [-0.39, 0.29) is 18.3 Å². The van der Waals surface area contributed by atoms with E-state index in [0.29, 0.717) is 27.4 Å². The number of carbonyl (C=O) groups is 1. The summed E-state index contributed by atoms with van der Waals surface area (Å²) in [7, 11) is 0. The molecule has 0 radical (unpaired) electrons. The minimum atomic E-state index is -4.45. The highest BCUT2D eigenvalue weighted by Gasteiger charge is 2.31. The van der Waals surface area contributed by atoms with Crippen molar-refractivity contribution in [1.29, 1.82) is 0 Å². The second kappa shape index (κ2) is 9.88. The zero-order valence-electron chi connectivity index (χ0n) is 18.8. The number of hydrogen-bond acceptors (Lipinski definition) is 7. The Balaban J connectivity index is 1.51. The third kappa shape index (κ3) is 5.52. The first-order chi connectivity index (χ1) is 16.7. The zero-order valence-corrected chi connectivity index (χ0v) is 19.6. The van der Waals surface area contributed by atoms with Gasteiger partial charge in [0.1, 0.15) is 22.7 Å². The van der Waals surface area contributed by atoms with Crippen LogP contribution in [0.15, 0.2) is 54.9 Å². The number of benzene rings is 2. The molecule has 0 aliphatic rings. The molecule has 2 aromatic heterocycles. The molecule has 1 amide bonds. The van der Waals surface area contributed by atoms with Crippen LogP contribution < -0.4 is 11.1 Å². The molecule has 4 aromatic rings. The molecule has 180 valence electrons. The highest BCUT2D eigenvalue weighted by molar-refractivity contribution is 7.14. The van der Waals surface area contributed by atoms with Crippen LogP contribution in [0.2, 0.25) is 0 Å². The van der Waals surface area contributed by atoms with Gasteiger partial charge in [0.2, 0.25) is 0 Å². The number of rotatable bonds is 6. The minimum Gasteiger partial charge on any atom is -0.344 e. The molecule has 0 unspecified atom stereocenters. The average molecular weight is 499 g/mol. The molecule has 4 rings (SSSR count). The van der Waals surface area contributed by atoms with Gasteiger partial charge in [0, 0.05) is 6.54 Å². The number of hydrogen-bond donors (Lipinski definition) is 2. The fourth-order valence-electron chi connectivity index (χ4n) is 3.50. The predicted molar refractivity (Wildman–Crippen MR) is 126 cm³/mol. The summed E-state index contributed by atoms with van der Waals surface area (Å²) in [5.41, 5.74) is 8.10. The molecule has 11 heteroatoms. The van der Waals surface area contributed by atoms with Gasteiger partial charge in [-0.1, -0.05) is 41.7 Å². The van der Waals surface area contributed by atoms with E-state index >= 15 is 0 Å². The van der Waals surface area contributed by atoms with Crippen molar-refractivity contribution in [2.45, 2.75) is 32.6 Å². The van der Waals surface area contributed by atoms with Gasteiger partial charge in [0.05, 0.1) is 11.6 Å². The van der Waals surface area contributed by atoms with Crippen LogP contribution in [0.1, 0.15) is 45.2 Å². The molecule has 7 nitrogen and oxygen atoms in total. The number of nitrogens with two attached hydrogens (primary N) is 1. The van der Waals surface area contributed by atoms with E-state index in [9.17, 15) is 18.0 Å². The first-order valence-electron chi connectivity index (χ1n) is 10.6. The Morgan fingerprint density at radius 2 is 1.83 bits per heavy atom. The number of amides is 1.